The number of benzene rings is 3. The molecule has 1 N–H and O–H groups in total. The molecule has 0 saturated carbocycles. The maximum atomic E-state index is 14.1. The summed E-state index contributed by atoms with van der Waals surface area (Å²) in [7, 11) is 1.43. The molecule has 0 saturated heterocycles. The van der Waals surface area contributed by atoms with Crippen LogP contribution in [0.1, 0.15) is 11.1 Å². The SMILES string of the molecule is COc1cc(/C=C(/C#N)c2ccccc2F)c(Br)cc1OCC(=O)Nc1ccc(F)cc1. The van der Waals surface area contributed by atoms with Crippen molar-refractivity contribution >= 4 is 39.2 Å². The van der Waals surface area contributed by atoms with E-state index < -0.39 is 17.5 Å². The molecule has 0 bridgehead atoms. The largest absolute Gasteiger partial charge is 0.493 e. The van der Waals surface area contributed by atoms with Gasteiger partial charge in [0.1, 0.15) is 11.6 Å². The van der Waals surface area contributed by atoms with Gasteiger partial charge in [-0.2, -0.15) is 5.26 Å². The molecule has 32 heavy (non-hydrogen) atoms. The Kier molecular flexibility index (Phi) is 7.58. The molecule has 1 amide bonds. The Balaban J connectivity index is 1.79. The average Bonchev–Trinajstić information content (AvgIpc) is 2.79. The summed E-state index contributed by atoms with van der Waals surface area (Å²) < 4.78 is 38.5. The number of rotatable bonds is 7. The monoisotopic (exact) mass is 498 g/mol. The number of carbonyl (C=O) groups excluding carboxylic acids is 1. The molecule has 3 aromatic rings. The molecule has 0 radical (unpaired) electrons. The van der Waals surface area contributed by atoms with Crippen LogP contribution in [0, 0.1) is 23.0 Å². The van der Waals surface area contributed by atoms with Crippen LogP contribution in [0.5, 0.6) is 11.5 Å². The minimum Gasteiger partial charge on any atom is -0.493 e. The minimum absolute atomic E-state index is 0.137. The third kappa shape index (κ3) is 5.71. The lowest BCUT2D eigenvalue weighted by Gasteiger charge is -2.13. The lowest BCUT2D eigenvalue weighted by molar-refractivity contribution is -0.118. The van der Waals surface area contributed by atoms with Gasteiger partial charge >= 0.3 is 0 Å². The van der Waals surface area contributed by atoms with Crippen molar-refractivity contribution in [3.63, 3.8) is 0 Å². The van der Waals surface area contributed by atoms with Crippen molar-refractivity contribution in [3.8, 4) is 17.6 Å². The quantitative estimate of drug-likeness (QED) is 0.329. The first-order chi connectivity index (χ1) is 15.4. The van der Waals surface area contributed by atoms with Crippen LogP contribution in [0.4, 0.5) is 14.5 Å². The van der Waals surface area contributed by atoms with Gasteiger partial charge in [-0.3, -0.25) is 4.79 Å². The van der Waals surface area contributed by atoms with Crippen molar-refractivity contribution in [2.75, 3.05) is 19.0 Å². The van der Waals surface area contributed by atoms with E-state index in [4.69, 9.17) is 9.47 Å². The van der Waals surface area contributed by atoms with Crippen molar-refractivity contribution < 1.29 is 23.0 Å². The van der Waals surface area contributed by atoms with Gasteiger partial charge in [-0.25, -0.2) is 8.78 Å². The Labute approximate surface area is 192 Å². The second kappa shape index (κ2) is 10.6. The van der Waals surface area contributed by atoms with Crippen LogP contribution in [0.25, 0.3) is 11.6 Å². The summed E-state index contributed by atoms with van der Waals surface area (Å²) in [6.45, 7) is -0.311. The minimum atomic E-state index is -0.504. The topological polar surface area (TPSA) is 71.3 Å². The summed E-state index contributed by atoms with van der Waals surface area (Å²) in [5.41, 5.74) is 1.31. The summed E-state index contributed by atoms with van der Waals surface area (Å²) in [6, 6.07) is 16.5. The number of amides is 1. The molecule has 3 rings (SSSR count). The number of hydrogen-bond donors (Lipinski definition) is 1. The lowest BCUT2D eigenvalue weighted by Crippen LogP contribution is -2.20. The van der Waals surface area contributed by atoms with Crippen LogP contribution in [0.2, 0.25) is 0 Å². The van der Waals surface area contributed by atoms with E-state index in [2.05, 4.69) is 21.2 Å². The van der Waals surface area contributed by atoms with Gasteiger partial charge < -0.3 is 14.8 Å². The number of carbonyl (C=O) groups is 1. The first-order valence-corrected chi connectivity index (χ1v) is 10.1. The second-order valence-electron chi connectivity index (χ2n) is 6.52. The molecule has 0 aliphatic rings. The fraction of sp³-hybridized carbons (Fsp3) is 0.0833. The average molecular weight is 499 g/mol. The molecule has 162 valence electrons. The van der Waals surface area contributed by atoms with E-state index in [0.717, 1.165) is 0 Å². The third-order valence-corrected chi connectivity index (χ3v) is 5.04. The van der Waals surface area contributed by atoms with Gasteiger partial charge in [-0.05, 0) is 54.1 Å². The molecule has 0 aliphatic carbocycles. The van der Waals surface area contributed by atoms with Gasteiger partial charge in [0.05, 0.1) is 18.8 Å². The van der Waals surface area contributed by atoms with Gasteiger partial charge in [0.25, 0.3) is 5.91 Å². The highest BCUT2D eigenvalue weighted by molar-refractivity contribution is 9.10. The fourth-order valence-corrected chi connectivity index (χ4v) is 3.25. The van der Waals surface area contributed by atoms with Crippen LogP contribution < -0.4 is 14.8 Å². The summed E-state index contributed by atoms with van der Waals surface area (Å²) in [5, 5.41) is 12.1. The predicted octanol–water partition coefficient (Wildman–Crippen LogP) is 5.82. The lowest BCUT2D eigenvalue weighted by atomic mass is 10.0. The maximum Gasteiger partial charge on any atom is 0.262 e. The van der Waals surface area contributed by atoms with E-state index in [-0.39, 0.29) is 23.5 Å². The van der Waals surface area contributed by atoms with Crippen LogP contribution in [0.3, 0.4) is 0 Å². The van der Waals surface area contributed by atoms with Crippen LogP contribution >= 0.6 is 15.9 Å². The van der Waals surface area contributed by atoms with Gasteiger partial charge in [0.2, 0.25) is 0 Å². The van der Waals surface area contributed by atoms with E-state index in [0.29, 0.717) is 21.5 Å². The van der Waals surface area contributed by atoms with Crippen molar-refractivity contribution in [3.05, 3.63) is 87.9 Å². The molecule has 0 spiro atoms. The van der Waals surface area contributed by atoms with Gasteiger partial charge in [-0.1, -0.05) is 34.1 Å². The van der Waals surface area contributed by atoms with Crippen molar-refractivity contribution in [2.24, 2.45) is 0 Å². The van der Waals surface area contributed by atoms with Crippen LogP contribution in [-0.4, -0.2) is 19.6 Å². The van der Waals surface area contributed by atoms with Crippen LogP contribution in [-0.2, 0) is 4.79 Å². The van der Waals surface area contributed by atoms with E-state index in [1.54, 1.807) is 24.3 Å². The van der Waals surface area contributed by atoms with Crippen molar-refractivity contribution in [1.82, 2.24) is 0 Å². The maximum absolute atomic E-state index is 14.1. The zero-order valence-electron chi connectivity index (χ0n) is 16.9. The number of nitrogens with zero attached hydrogens (tertiary/aromatic N) is 1. The summed E-state index contributed by atoms with van der Waals surface area (Å²) in [4.78, 5) is 12.1. The number of ether oxygens (including phenoxy) is 2. The number of anilines is 1. The van der Waals surface area contributed by atoms with Crippen LogP contribution in [0.15, 0.2) is 65.1 Å². The number of halogens is 3. The predicted molar refractivity (Wildman–Crippen MR) is 121 cm³/mol. The number of hydrogen-bond acceptors (Lipinski definition) is 4. The van der Waals surface area contributed by atoms with Crippen molar-refractivity contribution in [2.45, 2.75) is 0 Å². The number of methoxy groups -OCH3 is 1. The molecule has 0 unspecified atom stereocenters. The molecular weight excluding hydrogens is 482 g/mol. The zero-order valence-corrected chi connectivity index (χ0v) is 18.4. The third-order valence-electron chi connectivity index (χ3n) is 4.35. The summed E-state index contributed by atoms with van der Waals surface area (Å²) in [6.07, 6.45) is 1.52. The van der Waals surface area contributed by atoms with E-state index >= 15 is 0 Å². The number of nitrogens with one attached hydrogen (secondary N) is 1. The zero-order chi connectivity index (χ0) is 23.1. The standard InChI is InChI=1S/C24H17BrF2N2O3/c1-31-22-11-15(10-16(13-28)19-4-2-3-5-21(19)27)20(25)12-23(22)32-14-24(30)29-18-8-6-17(26)7-9-18/h2-12H,14H2,1H3,(H,29,30)/b16-10-. The first-order valence-electron chi connectivity index (χ1n) is 9.33. The van der Waals surface area contributed by atoms with Gasteiger partial charge in [0.15, 0.2) is 18.1 Å². The summed E-state index contributed by atoms with van der Waals surface area (Å²) >= 11 is 3.41. The summed E-state index contributed by atoms with van der Waals surface area (Å²) in [5.74, 6) is -0.742. The molecule has 5 nitrogen and oxygen atoms in total. The molecule has 0 aromatic heterocycles. The highest BCUT2D eigenvalue weighted by Crippen LogP contribution is 2.35. The highest BCUT2D eigenvalue weighted by Gasteiger charge is 2.14. The Morgan fingerprint density at radius 1 is 1.12 bits per heavy atom. The van der Waals surface area contributed by atoms with Crippen molar-refractivity contribution in [1.29, 1.82) is 5.26 Å². The Morgan fingerprint density at radius 2 is 1.84 bits per heavy atom. The van der Waals surface area contributed by atoms with E-state index in [1.807, 2.05) is 6.07 Å². The van der Waals surface area contributed by atoms with Gasteiger partial charge in [0, 0.05) is 15.7 Å². The number of nitriles is 1. The molecular formula is C24H17BrF2N2O3. The first kappa shape index (κ1) is 23.0. The van der Waals surface area contributed by atoms with E-state index in [1.165, 1.54) is 49.6 Å². The molecule has 0 heterocycles. The Hall–Kier alpha value is -3.70. The van der Waals surface area contributed by atoms with E-state index in [9.17, 15) is 18.8 Å². The normalized spacial score (nSPS) is 10.9. The van der Waals surface area contributed by atoms with Gasteiger partial charge in [-0.15, -0.1) is 0 Å². The Morgan fingerprint density at radius 3 is 2.50 bits per heavy atom. The smallest absolute Gasteiger partial charge is 0.262 e. The molecule has 0 fully saturated rings. The number of allylic oxidation sites excluding steroid dienone is 1. The highest BCUT2D eigenvalue weighted by atomic mass is 79.9. The Bertz CT molecular complexity index is 1200. The molecule has 8 heteroatoms. The molecule has 3 aromatic carbocycles. The molecule has 0 aliphatic heterocycles. The molecule has 0 atom stereocenters. The second-order valence-corrected chi connectivity index (χ2v) is 7.37. The fourth-order valence-electron chi connectivity index (χ4n) is 2.81.